The summed E-state index contributed by atoms with van der Waals surface area (Å²) in [5.41, 5.74) is 2.03. The molecule has 0 saturated carbocycles. The number of benzene rings is 1. The Kier molecular flexibility index (Phi) is 4.34. The number of carbonyl (C=O) groups is 1. The largest absolute Gasteiger partial charge is 0.482 e. The van der Waals surface area contributed by atoms with Crippen LogP contribution in [-0.2, 0) is 11.3 Å². The fraction of sp³-hybridized carbons (Fsp3) is 0.143. The van der Waals surface area contributed by atoms with E-state index in [4.69, 9.17) is 9.84 Å². The Balaban J connectivity index is 1.86. The first-order valence-electron chi connectivity index (χ1n) is 5.81. The molecular formula is C14H14N2O3. The number of hydrogen-bond acceptors (Lipinski definition) is 4. The number of aliphatic carboxylic acids is 1. The second-order valence-corrected chi connectivity index (χ2v) is 3.92. The summed E-state index contributed by atoms with van der Waals surface area (Å²) in [6, 6.07) is 11.1. The Bertz CT molecular complexity index is 526. The van der Waals surface area contributed by atoms with E-state index in [2.05, 4.69) is 10.3 Å². The molecule has 0 amide bonds. The van der Waals surface area contributed by atoms with E-state index in [1.165, 1.54) is 0 Å². The summed E-state index contributed by atoms with van der Waals surface area (Å²) < 4.78 is 5.06. The average molecular weight is 258 g/mol. The lowest BCUT2D eigenvalue weighted by molar-refractivity contribution is -0.139. The molecular weight excluding hydrogens is 244 g/mol. The van der Waals surface area contributed by atoms with Crippen molar-refractivity contribution in [2.75, 3.05) is 11.9 Å². The van der Waals surface area contributed by atoms with Gasteiger partial charge in [-0.1, -0.05) is 12.1 Å². The predicted octanol–water partition coefficient (Wildman–Crippen LogP) is 2.16. The summed E-state index contributed by atoms with van der Waals surface area (Å²) in [6.45, 7) is 0.345. The zero-order chi connectivity index (χ0) is 13.5. The number of carboxylic acids is 1. The fourth-order valence-corrected chi connectivity index (χ4v) is 1.52. The summed E-state index contributed by atoms with van der Waals surface area (Å²) in [5.74, 6) is -0.435. The van der Waals surface area contributed by atoms with Crippen molar-refractivity contribution in [2.24, 2.45) is 0 Å². The first-order valence-corrected chi connectivity index (χ1v) is 5.81. The van der Waals surface area contributed by atoms with Crippen LogP contribution in [0.15, 0.2) is 48.8 Å². The number of aromatic nitrogens is 1. The van der Waals surface area contributed by atoms with Gasteiger partial charge in [0.05, 0.1) is 5.69 Å². The summed E-state index contributed by atoms with van der Waals surface area (Å²) in [4.78, 5) is 14.4. The van der Waals surface area contributed by atoms with Crippen LogP contribution in [0.2, 0.25) is 0 Å². The smallest absolute Gasteiger partial charge is 0.341 e. The molecule has 0 aliphatic heterocycles. The van der Waals surface area contributed by atoms with Crippen LogP contribution in [0.4, 0.5) is 5.69 Å². The Morgan fingerprint density at radius 1 is 1.26 bits per heavy atom. The SMILES string of the molecule is O=C(O)COc1ccc(CNc2cccnc2)cc1. The third kappa shape index (κ3) is 4.31. The molecule has 1 heterocycles. The van der Waals surface area contributed by atoms with Crippen LogP contribution < -0.4 is 10.1 Å². The normalized spacial score (nSPS) is 9.89. The van der Waals surface area contributed by atoms with Gasteiger partial charge >= 0.3 is 5.97 Å². The molecule has 5 nitrogen and oxygen atoms in total. The van der Waals surface area contributed by atoms with E-state index in [9.17, 15) is 4.79 Å². The van der Waals surface area contributed by atoms with Crippen molar-refractivity contribution in [1.29, 1.82) is 0 Å². The minimum absolute atomic E-state index is 0.326. The monoisotopic (exact) mass is 258 g/mol. The van der Waals surface area contributed by atoms with Crippen LogP contribution in [0.1, 0.15) is 5.56 Å². The van der Waals surface area contributed by atoms with Crippen LogP contribution >= 0.6 is 0 Å². The van der Waals surface area contributed by atoms with E-state index in [1.807, 2.05) is 24.3 Å². The maximum atomic E-state index is 10.4. The molecule has 0 fully saturated rings. The van der Waals surface area contributed by atoms with Gasteiger partial charge in [0.2, 0.25) is 0 Å². The quantitative estimate of drug-likeness (QED) is 0.830. The molecule has 2 N–H and O–H groups in total. The molecule has 19 heavy (non-hydrogen) atoms. The number of nitrogens with zero attached hydrogens (tertiary/aromatic N) is 1. The van der Waals surface area contributed by atoms with E-state index in [-0.39, 0.29) is 6.61 Å². The Morgan fingerprint density at radius 3 is 2.68 bits per heavy atom. The number of ether oxygens (including phenoxy) is 1. The maximum absolute atomic E-state index is 10.4. The summed E-state index contributed by atoms with van der Waals surface area (Å²) in [6.07, 6.45) is 3.48. The van der Waals surface area contributed by atoms with Crippen LogP contribution in [0.25, 0.3) is 0 Å². The molecule has 0 aliphatic rings. The third-order valence-electron chi connectivity index (χ3n) is 2.44. The second-order valence-electron chi connectivity index (χ2n) is 3.92. The minimum Gasteiger partial charge on any atom is -0.482 e. The number of pyridine rings is 1. The molecule has 0 atom stereocenters. The van der Waals surface area contributed by atoms with Crippen molar-refractivity contribution in [1.82, 2.24) is 4.98 Å². The summed E-state index contributed by atoms with van der Waals surface area (Å²) in [5, 5.41) is 11.7. The Morgan fingerprint density at radius 2 is 2.05 bits per heavy atom. The highest BCUT2D eigenvalue weighted by molar-refractivity contribution is 5.68. The molecule has 5 heteroatoms. The molecule has 0 radical (unpaired) electrons. The number of carboxylic acid groups (broad SMARTS) is 1. The molecule has 2 aromatic rings. The molecule has 0 bridgehead atoms. The van der Waals surface area contributed by atoms with Crippen LogP contribution in [0.3, 0.4) is 0 Å². The average Bonchev–Trinajstić information content (AvgIpc) is 2.45. The maximum Gasteiger partial charge on any atom is 0.341 e. The highest BCUT2D eigenvalue weighted by Crippen LogP contribution is 2.13. The lowest BCUT2D eigenvalue weighted by Crippen LogP contribution is -2.09. The van der Waals surface area contributed by atoms with Gasteiger partial charge in [-0.3, -0.25) is 4.98 Å². The van der Waals surface area contributed by atoms with Gasteiger partial charge in [0.15, 0.2) is 6.61 Å². The third-order valence-corrected chi connectivity index (χ3v) is 2.44. The summed E-state index contributed by atoms with van der Waals surface area (Å²) >= 11 is 0. The number of anilines is 1. The van der Waals surface area contributed by atoms with E-state index < -0.39 is 5.97 Å². The van der Waals surface area contributed by atoms with Gasteiger partial charge in [-0.2, -0.15) is 0 Å². The zero-order valence-electron chi connectivity index (χ0n) is 10.2. The molecule has 0 unspecified atom stereocenters. The van der Waals surface area contributed by atoms with E-state index in [1.54, 1.807) is 24.5 Å². The molecule has 1 aromatic carbocycles. The number of nitrogens with one attached hydrogen (secondary N) is 1. The molecule has 0 saturated heterocycles. The predicted molar refractivity (Wildman–Crippen MR) is 71.1 cm³/mol. The highest BCUT2D eigenvalue weighted by Gasteiger charge is 1.99. The van der Waals surface area contributed by atoms with E-state index in [0.29, 0.717) is 12.3 Å². The van der Waals surface area contributed by atoms with Gasteiger partial charge in [-0.15, -0.1) is 0 Å². The topological polar surface area (TPSA) is 71.5 Å². The second kappa shape index (κ2) is 6.39. The molecule has 98 valence electrons. The van der Waals surface area contributed by atoms with Gasteiger partial charge in [0.1, 0.15) is 5.75 Å². The van der Waals surface area contributed by atoms with Crippen molar-refractivity contribution in [2.45, 2.75) is 6.54 Å². The van der Waals surface area contributed by atoms with Crippen molar-refractivity contribution < 1.29 is 14.6 Å². The molecule has 0 aliphatic carbocycles. The van der Waals surface area contributed by atoms with Gasteiger partial charge in [0, 0.05) is 18.9 Å². The number of rotatable bonds is 6. The molecule has 1 aromatic heterocycles. The minimum atomic E-state index is -0.984. The summed E-state index contributed by atoms with van der Waals surface area (Å²) in [7, 11) is 0. The van der Waals surface area contributed by atoms with Crippen LogP contribution in [0.5, 0.6) is 5.75 Å². The van der Waals surface area contributed by atoms with E-state index in [0.717, 1.165) is 11.3 Å². The van der Waals surface area contributed by atoms with Crippen molar-refractivity contribution in [3.63, 3.8) is 0 Å². The van der Waals surface area contributed by atoms with Gasteiger partial charge in [0.25, 0.3) is 0 Å². The number of hydrogen-bond donors (Lipinski definition) is 2. The first kappa shape index (κ1) is 12.9. The Labute approximate surface area is 110 Å². The van der Waals surface area contributed by atoms with E-state index >= 15 is 0 Å². The zero-order valence-corrected chi connectivity index (χ0v) is 10.2. The first-order chi connectivity index (χ1) is 9.24. The lowest BCUT2D eigenvalue weighted by Gasteiger charge is -2.07. The van der Waals surface area contributed by atoms with Gasteiger partial charge in [-0.25, -0.2) is 4.79 Å². The van der Waals surface area contributed by atoms with Crippen molar-refractivity contribution in [3.05, 3.63) is 54.4 Å². The highest BCUT2D eigenvalue weighted by atomic mass is 16.5. The fourth-order valence-electron chi connectivity index (χ4n) is 1.52. The molecule has 2 rings (SSSR count). The van der Waals surface area contributed by atoms with Crippen molar-refractivity contribution >= 4 is 11.7 Å². The van der Waals surface area contributed by atoms with Crippen LogP contribution in [0, 0.1) is 0 Å². The molecule has 0 spiro atoms. The Hall–Kier alpha value is -2.56. The van der Waals surface area contributed by atoms with Crippen molar-refractivity contribution in [3.8, 4) is 5.75 Å². The van der Waals surface area contributed by atoms with Gasteiger partial charge < -0.3 is 15.2 Å². The van der Waals surface area contributed by atoms with Gasteiger partial charge in [-0.05, 0) is 29.8 Å². The lowest BCUT2D eigenvalue weighted by atomic mass is 10.2. The standard InChI is InChI=1S/C14H14N2O3/c17-14(18)10-19-13-5-3-11(4-6-13)8-16-12-2-1-7-15-9-12/h1-7,9,16H,8,10H2,(H,17,18). The van der Waals surface area contributed by atoms with Crippen LogP contribution in [-0.4, -0.2) is 22.7 Å².